The van der Waals surface area contributed by atoms with Crippen LogP contribution < -0.4 is 10.5 Å². The standard InChI is InChI=1S/C16H14BrClN2O/c1-21-15-6-5-9(17)7-12(15)14-8-11-10(16(19)20-14)3-2-4-13(11)18/h2-7,14H,8H2,1H3,(H2,19,20). The average Bonchev–Trinajstić information content (AvgIpc) is 2.48. The number of nitrogens with zero attached hydrogens (tertiary/aromatic N) is 1. The lowest BCUT2D eigenvalue weighted by atomic mass is 9.92. The van der Waals surface area contributed by atoms with E-state index in [1.54, 1.807) is 7.11 Å². The number of hydrogen-bond donors (Lipinski definition) is 1. The summed E-state index contributed by atoms with van der Waals surface area (Å²) in [5, 5.41) is 0.726. The normalized spacial score (nSPS) is 17.1. The van der Waals surface area contributed by atoms with Crippen molar-refractivity contribution >= 4 is 33.4 Å². The first-order valence-electron chi connectivity index (χ1n) is 6.54. The number of ether oxygens (including phenoxy) is 1. The Morgan fingerprint density at radius 1 is 1.33 bits per heavy atom. The number of nitrogens with two attached hydrogens (primary N) is 1. The largest absolute Gasteiger partial charge is 0.496 e. The summed E-state index contributed by atoms with van der Waals surface area (Å²) in [5.41, 5.74) is 9.08. The van der Waals surface area contributed by atoms with Crippen LogP contribution in [0.4, 0.5) is 0 Å². The molecule has 0 radical (unpaired) electrons. The van der Waals surface area contributed by atoms with Gasteiger partial charge in [-0.3, -0.25) is 4.99 Å². The van der Waals surface area contributed by atoms with Gasteiger partial charge in [-0.15, -0.1) is 0 Å². The molecule has 1 aliphatic heterocycles. The van der Waals surface area contributed by atoms with Crippen LogP contribution >= 0.6 is 27.5 Å². The van der Waals surface area contributed by atoms with Crippen LogP contribution in [-0.4, -0.2) is 12.9 Å². The maximum Gasteiger partial charge on any atom is 0.126 e. The second-order valence-electron chi connectivity index (χ2n) is 4.89. The van der Waals surface area contributed by atoms with E-state index >= 15 is 0 Å². The summed E-state index contributed by atoms with van der Waals surface area (Å²) in [6.07, 6.45) is 0.711. The number of aliphatic imine (C=N–C) groups is 1. The molecule has 2 aromatic rings. The van der Waals surface area contributed by atoms with Gasteiger partial charge in [-0.25, -0.2) is 0 Å². The quantitative estimate of drug-likeness (QED) is 0.870. The molecule has 2 N–H and O–H groups in total. The van der Waals surface area contributed by atoms with Crippen LogP contribution in [-0.2, 0) is 6.42 Å². The Balaban J connectivity index is 2.09. The van der Waals surface area contributed by atoms with Crippen LogP contribution in [0.3, 0.4) is 0 Å². The molecule has 0 amide bonds. The Bertz CT molecular complexity index is 730. The van der Waals surface area contributed by atoms with E-state index in [0.29, 0.717) is 12.3 Å². The zero-order chi connectivity index (χ0) is 15.0. The monoisotopic (exact) mass is 364 g/mol. The van der Waals surface area contributed by atoms with Crippen LogP contribution in [0.15, 0.2) is 45.9 Å². The fraction of sp³-hybridized carbons (Fsp3) is 0.188. The smallest absolute Gasteiger partial charge is 0.126 e. The van der Waals surface area contributed by atoms with E-state index in [0.717, 1.165) is 31.9 Å². The first-order chi connectivity index (χ1) is 10.1. The molecule has 0 fully saturated rings. The van der Waals surface area contributed by atoms with Gasteiger partial charge in [0, 0.05) is 27.0 Å². The summed E-state index contributed by atoms with van der Waals surface area (Å²) in [6.45, 7) is 0. The van der Waals surface area contributed by atoms with Crippen molar-refractivity contribution in [2.75, 3.05) is 7.11 Å². The van der Waals surface area contributed by atoms with E-state index in [1.807, 2.05) is 36.4 Å². The van der Waals surface area contributed by atoms with Gasteiger partial charge in [0.25, 0.3) is 0 Å². The Hall–Kier alpha value is -1.52. The molecule has 2 aromatic carbocycles. The molecule has 0 bridgehead atoms. The van der Waals surface area contributed by atoms with Crippen LogP contribution in [0.2, 0.25) is 5.02 Å². The summed E-state index contributed by atoms with van der Waals surface area (Å²) in [6, 6.07) is 11.5. The Morgan fingerprint density at radius 3 is 2.90 bits per heavy atom. The van der Waals surface area contributed by atoms with Crippen molar-refractivity contribution in [3.63, 3.8) is 0 Å². The van der Waals surface area contributed by atoms with Crippen molar-refractivity contribution < 1.29 is 4.74 Å². The first kappa shape index (κ1) is 14.4. The Labute approximate surface area is 136 Å². The molecule has 0 spiro atoms. The van der Waals surface area contributed by atoms with Crippen molar-refractivity contribution in [2.24, 2.45) is 10.7 Å². The number of hydrogen-bond acceptors (Lipinski definition) is 3. The Kier molecular flexibility index (Phi) is 3.91. The highest BCUT2D eigenvalue weighted by Crippen LogP contribution is 2.37. The van der Waals surface area contributed by atoms with Gasteiger partial charge >= 0.3 is 0 Å². The third-order valence-corrected chi connectivity index (χ3v) is 4.49. The number of rotatable bonds is 2. The van der Waals surface area contributed by atoms with Gasteiger partial charge < -0.3 is 10.5 Å². The van der Waals surface area contributed by atoms with Crippen molar-refractivity contribution in [2.45, 2.75) is 12.5 Å². The Morgan fingerprint density at radius 2 is 2.14 bits per heavy atom. The van der Waals surface area contributed by atoms with Gasteiger partial charge in [-0.2, -0.15) is 0 Å². The van der Waals surface area contributed by atoms with Gasteiger partial charge in [-0.05, 0) is 29.8 Å². The molecule has 21 heavy (non-hydrogen) atoms. The lowest BCUT2D eigenvalue weighted by molar-refractivity contribution is 0.405. The molecule has 108 valence electrons. The highest BCUT2D eigenvalue weighted by Gasteiger charge is 2.25. The lowest BCUT2D eigenvalue weighted by Crippen LogP contribution is -2.23. The molecule has 3 nitrogen and oxygen atoms in total. The molecular weight excluding hydrogens is 352 g/mol. The van der Waals surface area contributed by atoms with Crippen molar-refractivity contribution in [1.29, 1.82) is 0 Å². The third-order valence-electron chi connectivity index (χ3n) is 3.64. The molecule has 0 aromatic heterocycles. The number of fused-ring (bicyclic) bond motifs is 1. The van der Waals surface area contributed by atoms with E-state index in [1.165, 1.54) is 0 Å². The zero-order valence-electron chi connectivity index (χ0n) is 11.4. The minimum atomic E-state index is -0.0927. The van der Waals surface area contributed by atoms with Gasteiger partial charge in [0.2, 0.25) is 0 Å². The van der Waals surface area contributed by atoms with E-state index in [2.05, 4.69) is 20.9 Å². The topological polar surface area (TPSA) is 47.6 Å². The van der Waals surface area contributed by atoms with Crippen molar-refractivity contribution in [3.05, 3.63) is 62.6 Å². The molecule has 1 unspecified atom stereocenters. The maximum atomic E-state index is 6.31. The molecule has 1 atom stereocenters. The minimum Gasteiger partial charge on any atom is -0.496 e. The third kappa shape index (κ3) is 2.65. The minimum absolute atomic E-state index is 0.0927. The van der Waals surface area contributed by atoms with E-state index in [-0.39, 0.29) is 6.04 Å². The zero-order valence-corrected chi connectivity index (χ0v) is 13.8. The molecule has 1 heterocycles. The van der Waals surface area contributed by atoms with E-state index in [9.17, 15) is 0 Å². The maximum absolute atomic E-state index is 6.31. The van der Waals surface area contributed by atoms with Gasteiger partial charge in [0.05, 0.1) is 13.2 Å². The second-order valence-corrected chi connectivity index (χ2v) is 6.21. The number of halogens is 2. The van der Waals surface area contributed by atoms with Crippen molar-refractivity contribution in [3.8, 4) is 5.75 Å². The predicted octanol–water partition coefficient (Wildman–Crippen LogP) is 4.11. The second kappa shape index (κ2) is 5.70. The van der Waals surface area contributed by atoms with E-state index in [4.69, 9.17) is 22.1 Å². The number of benzene rings is 2. The van der Waals surface area contributed by atoms with Crippen LogP contribution in [0, 0.1) is 0 Å². The van der Waals surface area contributed by atoms with Crippen molar-refractivity contribution in [1.82, 2.24) is 0 Å². The molecule has 3 rings (SSSR count). The molecule has 1 aliphatic rings. The average molecular weight is 366 g/mol. The number of methoxy groups -OCH3 is 1. The van der Waals surface area contributed by atoms with Gasteiger partial charge in [0.15, 0.2) is 0 Å². The summed E-state index contributed by atoms with van der Waals surface area (Å²) in [5.74, 6) is 1.32. The van der Waals surface area contributed by atoms with E-state index < -0.39 is 0 Å². The fourth-order valence-corrected chi connectivity index (χ4v) is 3.26. The molecule has 0 saturated carbocycles. The highest BCUT2D eigenvalue weighted by atomic mass is 79.9. The van der Waals surface area contributed by atoms with Gasteiger partial charge in [0.1, 0.15) is 11.6 Å². The fourth-order valence-electron chi connectivity index (χ4n) is 2.63. The summed E-state index contributed by atoms with van der Waals surface area (Å²) in [7, 11) is 1.66. The van der Waals surface area contributed by atoms with Crippen LogP contribution in [0.1, 0.15) is 22.7 Å². The predicted molar refractivity (Wildman–Crippen MR) is 89.3 cm³/mol. The molecule has 0 aliphatic carbocycles. The summed E-state index contributed by atoms with van der Waals surface area (Å²) >= 11 is 9.81. The first-order valence-corrected chi connectivity index (χ1v) is 7.71. The van der Waals surface area contributed by atoms with Crippen LogP contribution in [0.25, 0.3) is 0 Å². The van der Waals surface area contributed by atoms with Gasteiger partial charge in [-0.1, -0.05) is 39.7 Å². The molecule has 5 heteroatoms. The molecular formula is C16H14BrClN2O. The number of amidine groups is 1. The lowest BCUT2D eigenvalue weighted by Gasteiger charge is -2.24. The molecule has 0 saturated heterocycles. The van der Waals surface area contributed by atoms with Crippen LogP contribution in [0.5, 0.6) is 5.75 Å². The SMILES string of the molecule is COc1ccc(Br)cc1C1Cc2c(Cl)cccc2C(N)=N1. The summed E-state index contributed by atoms with van der Waals surface area (Å²) in [4.78, 5) is 4.62. The summed E-state index contributed by atoms with van der Waals surface area (Å²) < 4.78 is 6.43. The highest BCUT2D eigenvalue weighted by molar-refractivity contribution is 9.10.